The minimum atomic E-state index is -0.709. The Balaban J connectivity index is 2.14. The van der Waals surface area contributed by atoms with E-state index in [1.807, 2.05) is 0 Å². The van der Waals surface area contributed by atoms with Crippen LogP contribution in [0, 0.1) is 5.95 Å². The van der Waals surface area contributed by atoms with E-state index in [2.05, 4.69) is 36.2 Å². The zero-order valence-corrected chi connectivity index (χ0v) is 9.98. The molecule has 0 aromatic carbocycles. The van der Waals surface area contributed by atoms with Crippen LogP contribution < -0.4 is 5.32 Å². The van der Waals surface area contributed by atoms with E-state index in [0.29, 0.717) is 4.60 Å². The highest BCUT2D eigenvalue weighted by molar-refractivity contribution is 9.10. The van der Waals surface area contributed by atoms with Gasteiger partial charge in [0.2, 0.25) is 5.95 Å². The first-order valence-electron chi connectivity index (χ1n) is 4.55. The first-order chi connectivity index (χ1) is 8.15. The van der Waals surface area contributed by atoms with Gasteiger partial charge in [-0.25, -0.2) is 15.0 Å². The zero-order chi connectivity index (χ0) is 12.3. The van der Waals surface area contributed by atoms with E-state index in [-0.39, 0.29) is 11.4 Å². The van der Waals surface area contributed by atoms with Crippen LogP contribution in [0.1, 0.15) is 10.4 Å². The van der Waals surface area contributed by atoms with Crippen molar-refractivity contribution in [3.8, 4) is 0 Å². The number of carbonyl (C=O) groups is 1. The SMILES string of the molecule is O=C(Nc1cnc(Br)cn1)c1ccnc(F)c1. The maximum absolute atomic E-state index is 12.8. The Kier molecular flexibility index (Phi) is 3.38. The Hall–Kier alpha value is -1.89. The Labute approximate surface area is 104 Å². The van der Waals surface area contributed by atoms with Gasteiger partial charge in [-0.05, 0) is 22.0 Å². The molecule has 86 valence electrons. The Bertz CT molecular complexity index is 546. The van der Waals surface area contributed by atoms with E-state index in [4.69, 9.17) is 0 Å². The molecule has 0 unspecified atom stereocenters. The lowest BCUT2D eigenvalue weighted by Gasteiger charge is -2.03. The number of amides is 1. The summed E-state index contributed by atoms with van der Waals surface area (Å²) in [6, 6.07) is 2.45. The van der Waals surface area contributed by atoms with Crippen molar-refractivity contribution in [2.45, 2.75) is 0 Å². The zero-order valence-electron chi connectivity index (χ0n) is 8.39. The number of halogens is 2. The van der Waals surface area contributed by atoms with Crippen molar-refractivity contribution in [1.82, 2.24) is 15.0 Å². The van der Waals surface area contributed by atoms with Gasteiger partial charge in [0.1, 0.15) is 4.60 Å². The molecular formula is C10H6BrFN4O. The number of nitrogens with zero attached hydrogens (tertiary/aromatic N) is 3. The minimum Gasteiger partial charge on any atom is -0.305 e. The fourth-order valence-electron chi connectivity index (χ4n) is 1.11. The number of pyridine rings is 1. The number of anilines is 1. The Morgan fingerprint density at radius 3 is 2.76 bits per heavy atom. The predicted octanol–water partition coefficient (Wildman–Crippen LogP) is 2.03. The summed E-state index contributed by atoms with van der Waals surface area (Å²) in [5, 5.41) is 2.48. The maximum atomic E-state index is 12.8. The average molecular weight is 297 g/mol. The van der Waals surface area contributed by atoms with E-state index in [0.717, 1.165) is 6.07 Å². The van der Waals surface area contributed by atoms with Crippen molar-refractivity contribution in [1.29, 1.82) is 0 Å². The van der Waals surface area contributed by atoms with E-state index in [1.54, 1.807) is 0 Å². The third-order valence-corrected chi connectivity index (χ3v) is 2.26. The molecular weight excluding hydrogens is 291 g/mol. The van der Waals surface area contributed by atoms with Crippen LogP contribution in [0.5, 0.6) is 0 Å². The molecule has 2 rings (SSSR count). The molecule has 7 heteroatoms. The second kappa shape index (κ2) is 4.96. The van der Waals surface area contributed by atoms with Crippen molar-refractivity contribution in [2.24, 2.45) is 0 Å². The fourth-order valence-corrected chi connectivity index (χ4v) is 1.31. The van der Waals surface area contributed by atoms with E-state index >= 15 is 0 Å². The van der Waals surface area contributed by atoms with Crippen molar-refractivity contribution in [2.75, 3.05) is 5.32 Å². The normalized spacial score (nSPS) is 10.0. The van der Waals surface area contributed by atoms with Crippen molar-refractivity contribution < 1.29 is 9.18 Å². The second-order valence-electron chi connectivity index (χ2n) is 3.05. The number of aromatic nitrogens is 3. The molecule has 17 heavy (non-hydrogen) atoms. The topological polar surface area (TPSA) is 67.8 Å². The lowest BCUT2D eigenvalue weighted by Crippen LogP contribution is -2.13. The molecule has 0 radical (unpaired) electrons. The standard InChI is InChI=1S/C10H6BrFN4O/c11-7-4-15-9(5-14-7)16-10(17)6-1-2-13-8(12)3-6/h1-5H,(H,15,16,17). The number of rotatable bonds is 2. The molecule has 0 saturated carbocycles. The molecule has 0 aliphatic carbocycles. The van der Waals surface area contributed by atoms with E-state index in [9.17, 15) is 9.18 Å². The number of hydrogen-bond acceptors (Lipinski definition) is 4. The highest BCUT2D eigenvalue weighted by Crippen LogP contribution is 2.08. The molecule has 0 aliphatic rings. The van der Waals surface area contributed by atoms with Gasteiger partial charge in [-0.1, -0.05) is 0 Å². The highest BCUT2D eigenvalue weighted by Gasteiger charge is 2.08. The van der Waals surface area contributed by atoms with E-state index < -0.39 is 11.9 Å². The van der Waals surface area contributed by atoms with Crippen LogP contribution in [0.2, 0.25) is 0 Å². The van der Waals surface area contributed by atoms with Gasteiger partial charge in [-0.3, -0.25) is 4.79 Å². The summed E-state index contributed by atoms with van der Waals surface area (Å²) in [5.41, 5.74) is 0.169. The molecule has 0 bridgehead atoms. The van der Waals surface area contributed by atoms with Crippen LogP contribution in [0.3, 0.4) is 0 Å². The predicted molar refractivity (Wildman–Crippen MR) is 61.9 cm³/mol. The Morgan fingerprint density at radius 1 is 1.29 bits per heavy atom. The average Bonchev–Trinajstić information content (AvgIpc) is 2.32. The van der Waals surface area contributed by atoms with Gasteiger partial charge in [0.15, 0.2) is 5.82 Å². The molecule has 0 spiro atoms. The highest BCUT2D eigenvalue weighted by atomic mass is 79.9. The third kappa shape index (κ3) is 3.04. The van der Waals surface area contributed by atoms with Crippen LogP contribution in [-0.4, -0.2) is 20.9 Å². The molecule has 0 atom stereocenters. The van der Waals surface area contributed by atoms with Crippen LogP contribution in [-0.2, 0) is 0 Å². The van der Waals surface area contributed by atoms with Crippen molar-refractivity contribution >= 4 is 27.7 Å². The van der Waals surface area contributed by atoms with Gasteiger partial charge in [-0.15, -0.1) is 0 Å². The summed E-state index contributed by atoms with van der Waals surface area (Å²) in [4.78, 5) is 22.8. The van der Waals surface area contributed by atoms with Crippen LogP contribution >= 0.6 is 15.9 Å². The first kappa shape index (κ1) is 11.6. The Morgan fingerprint density at radius 2 is 2.12 bits per heavy atom. The van der Waals surface area contributed by atoms with Gasteiger partial charge in [0, 0.05) is 17.8 Å². The summed E-state index contributed by atoms with van der Waals surface area (Å²) >= 11 is 3.12. The summed E-state index contributed by atoms with van der Waals surface area (Å²) in [7, 11) is 0. The summed E-state index contributed by atoms with van der Waals surface area (Å²) in [5.74, 6) is -0.891. The molecule has 0 saturated heterocycles. The molecule has 1 N–H and O–H groups in total. The van der Waals surface area contributed by atoms with Crippen LogP contribution in [0.4, 0.5) is 10.2 Å². The lowest BCUT2D eigenvalue weighted by molar-refractivity contribution is 0.102. The minimum absolute atomic E-state index is 0.169. The summed E-state index contributed by atoms with van der Waals surface area (Å²) < 4.78 is 13.4. The molecule has 2 aromatic rings. The van der Waals surface area contributed by atoms with Crippen LogP contribution in [0.15, 0.2) is 35.3 Å². The molecule has 1 amide bonds. The maximum Gasteiger partial charge on any atom is 0.257 e. The van der Waals surface area contributed by atoms with Crippen molar-refractivity contribution in [3.63, 3.8) is 0 Å². The lowest BCUT2D eigenvalue weighted by atomic mass is 10.2. The summed E-state index contributed by atoms with van der Waals surface area (Å²) in [6.45, 7) is 0. The molecule has 2 heterocycles. The first-order valence-corrected chi connectivity index (χ1v) is 5.35. The smallest absolute Gasteiger partial charge is 0.257 e. The van der Waals surface area contributed by atoms with Gasteiger partial charge < -0.3 is 5.32 Å². The monoisotopic (exact) mass is 296 g/mol. The largest absolute Gasteiger partial charge is 0.305 e. The van der Waals surface area contributed by atoms with Crippen molar-refractivity contribution in [3.05, 3.63) is 46.8 Å². The number of nitrogens with one attached hydrogen (secondary N) is 1. The van der Waals surface area contributed by atoms with Gasteiger partial charge >= 0.3 is 0 Å². The number of carbonyl (C=O) groups excluding carboxylic acids is 1. The summed E-state index contributed by atoms with van der Waals surface area (Å²) in [6.07, 6.45) is 4.06. The van der Waals surface area contributed by atoms with Gasteiger partial charge in [-0.2, -0.15) is 4.39 Å². The molecule has 2 aromatic heterocycles. The second-order valence-corrected chi connectivity index (χ2v) is 3.86. The number of hydrogen-bond donors (Lipinski definition) is 1. The molecule has 0 aliphatic heterocycles. The van der Waals surface area contributed by atoms with Crippen LogP contribution in [0.25, 0.3) is 0 Å². The third-order valence-electron chi connectivity index (χ3n) is 1.85. The molecule has 0 fully saturated rings. The van der Waals surface area contributed by atoms with Gasteiger partial charge in [0.25, 0.3) is 5.91 Å². The fraction of sp³-hybridized carbons (Fsp3) is 0. The van der Waals surface area contributed by atoms with Gasteiger partial charge in [0.05, 0.1) is 12.4 Å². The quantitative estimate of drug-likeness (QED) is 0.861. The van der Waals surface area contributed by atoms with E-state index in [1.165, 1.54) is 24.7 Å². The molecule has 5 nitrogen and oxygen atoms in total.